The van der Waals surface area contributed by atoms with Crippen LogP contribution < -0.4 is 20.7 Å². The minimum absolute atomic E-state index is 0.0567. The number of alkyl carbamates (subject to hydrolysis) is 1. The summed E-state index contributed by atoms with van der Waals surface area (Å²) in [7, 11) is 1.28. The Kier molecular flexibility index (Phi) is 11.6. The fraction of sp³-hybridized carbons (Fsp3) is 0.289. The number of rotatable bonds is 12. The summed E-state index contributed by atoms with van der Waals surface area (Å²) in [6.07, 6.45) is 0.483. The summed E-state index contributed by atoms with van der Waals surface area (Å²) in [5.74, 6) is -0.130. The first-order chi connectivity index (χ1) is 22.9. The lowest BCUT2D eigenvalue weighted by atomic mass is 9.84. The third-order valence-electron chi connectivity index (χ3n) is 8.39. The van der Waals surface area contributed by atoms with E-state index in [4.69, 9.17) is 19.5 Å². The van der Waals surface area contributed by atoms with Crippen LogP contribution in [-0.2, 0) is 20.7 Å². The monoisotopic (exact) mass is 632 g/mol. The molecule has 0 unspecified atom stereocenters. The molecular formula is C38H40N4O5. The molecule has 2 amide bonds. The van der Waals surface area contributed by atoms with Gasteiger partial charge in [-0.05, 0) is 66.8 Å². The van der Waals surface area contributed by atoms with E-state index in [2.05, 4.69) is 28.9 Å². The predicted octanol–water partition coefficient (Wildman–Crippen LogP) is 5.81. The number of benzene rings is 4. The summed E-state index contributed by atoms with van der Waals surface area (Å²) in [4.78, 5) is 26.6. The van der Waals surface area contributed by atoms with Gasteiger partial charge in [0.15, 0.2) is 0 Å². The Morgan fingerprint density at radius 1 is 0.936 bits per heavy atom. The molecule has 4 atom stereocenters. The average molecular weight is 633 g/mol. The molecule has 9 nitrogen and oxygen atoms in total. The Hall–Kier alpha value is -5.17. The van der Waals surface area contributed by atoms with Gasteiger partial charge in [0.05, 0.1) is 24.8 Å². The summed E-state index contributed by atoms with van der Waals surface area (Å²) >= 11 is 0. The van der Waals surface area contributed by atoms with Gasteiger partial charge in [0.2, 0.25) is 5.91 Å². The van der Waals surface area contributed by atoms with E-state index in [-0.39, 0.29) is 24.2 Å². The number of anilines is 1. The van der Waals surface area contributed by atoms with Crippen LogP contribution in [0.5, 0.6) is 5.75 Å². The molecule has 1 fully saturated rings. The number of morpholine rings is 1. The van der Waals surface area contributed by atoms with Gasteiger partial charge in [-0.1, -0.05) is 78.9 Å². The molecule has 4 aromatic rings. The van der Waals surface area contributed by atoms with E-state index in [1.807, 2.05) is 84.9 Å². The lowest BCUT2D eigenvalue weighted by Gasteiger charge is -2.36. The van der Waals surface area contributed by atoms with Crippen LogP contribution in [0, 0.1) is 11.3 Å². The molecule has 0 aliphatic carbocycles. The zero-order valence-electron chi connectivity index (χ0n) is 26.6. The van der Waals surface area contributed by atoms with Crippen molar-refractivity contribution < 1.29 is 23.8 Å². The zero-order valence-corrected chi connectivity index (χ0v) is 26.6. The first-order valence-corrected chi connectivity index (χ1v) is 15.8. The number of aryl methyl sites for hydroxylation is 1. The van der Waals surface area contributed by atoms with Gasteiger partial charge < -0.3 is 30.2 Å². The van der Waals surface area contributed by atoms with Crippen molar-refractivity contribution in [2.75, 3.05) is 25.6 Å². The number of amides is 2. The maximum Gasteiger partial charge on any atom is 0.407 e. The number of nitriles is 1. The van der Waals surface area contributed by atoms with E-state index in [1.54, 1.807) is 24.3 Å². The molecule has 4 aromatic carbocycles. The Bertz CT molecular complexity index is 1600. The Labute approximate surface area is 275 Å². The van der Waals surface area contributed by atoms with Crippen molar-refractivity contribution in [3.63, 3.8) is 0 Å². The number of nitrogens with zero attached hydrogens (tertiary/aromatic N) is 1. The van der Waals surface area contributed by atoms with E-state index in [0.29, 0.717) is 36.6 Å². The SMILES string of the molecule is COC(=O)N[C@H](C(=O)Nc1ccccc1CC[C@@H]1CN[C@H](C)[C@@H](COc2ccc(C#N)cc2)O1)C(c1ccccc1)c1ccccc1. The van der Waals surface area contributed by atoms with E-state index >= 15 is 0 Å². The quantitative estimate of drug-likeness (QED) is 0.180. The zero-order chi connectivity index (χ0) is 33.0. The first kappa shape index (κ1) is 33.2. The van der Waals surface area contributed by atoms with Crippen molar-refractivity contribution in [3.8, 4) is 11.8 Å². The molecule has 1 heterocycles. The summed E-state index contributed by atoms with van der Waals surface area (Å²) in [6, 6.07) is 35.3. The topological polar surface area (TPSA) is 122 Å². The Balaban J connectivity index is 1.27. The van der Waals surface area contributed by atoms with Gasteiger partial charge in [0.25, 0.3) is 0 Å². The number of carbonyl (C=O) groups is 2. The number of hydrogen-bond donors (Lipinski definition) is 3. The summed E-state index contributed by atoms with van der Waals surface area (Å²) in [6.45, 7) is 3.15. The molecule has 9 heteroatoms. The van der Waals surface area contributed by atoms with Crippen molar-refractivity contribution in [1.82, 2.24) is 10.6 Å². The van der Waals surface area contributed by atoms with Crippen LogP contribution in [0.2, 0.25) is 0 Å². The van der Waals surface area contributed by atoms with Gasteiger partial charge in [0, 0.05) is 24.2 Å². The third kappa shape index (κ3) is 8.97. The number of hydrogen-bond acceptors (Lipinski definition) is 7. The highest BCUT2D eigenvalue weighted by Crippen LogP contribution is 2.30. The molecule has 0 radical (unpaired) electrons. The van der Waals surface area contributed by atoms with E-state index in [9.17, 15) is 9.59 Å². The molecule has 0 saturated carbocycles. The normalized spacial score (nSPS) is 18.0. The van der Waals surface area contributed by atoms with Crippen LogP contribution in [0.1, 0.15) is 41.5 Å². The van der Waals surface area contributed by atoms with Gasteiger partial charge in [-0.3, -0.25) is 4.79 Å². The highest BCUT2D eigenvalue weighted by molar-refractivity contribution is 5.98. The number of para-hydroxylation sites is 1. The Morgan fingerprint density at radius 2 is 1.57 bits per heavy atom. The summed E-state index contributed by atoms with van der Waals surface area (Å²) < 4.78 is 17.3. The second-order valence-electron chi connectivity index (χ2n) is 11.5. The van der Waals surface area contributed by atoms with Crippen LogP contribution in [0.15, 0.2) is 109 Å². The van der Waals surface area contributed by atoms with Crippen LogP contribution in [0.4, 0.5) is 10.5 Å². The maximum atomic E-state index is 14.1. The molecule has 1 saturated heterocycles. The predicted molar refractivity (Wildman–Crippen MR) is 180 cm³/mol. The Morgan fingerprint density at radius 3 is 2.21 bits per heavy atom. The van der Waals surface area contributed by atoms with Gasteiger partial charge >= 0.3 is 6.09 Å². The second-order valence-corrected chi connectivity index (χ2v) is 11.5. The highest BCUT2D eigenvalue weighted by atomic mass is 16.5. The van der Waals surface area contributed by atoms with E-state index in [0.717, 1.165) is 23.1 Å². The molecule has 0 bridgehead atoms. The first-order valence-electron chi connectivity index (χ1n) is 15.8. The highest BCUT2D eigenvalue weighted by Gasteiger charge is 2.33. The lowest BCUT2D eigenvalue weighted by Crippen LogP contribution is -2.53. The molecule has 3 N–H and O–H groups in total. The summed E-state index contributed by atoms with van der Waals surface area (Å²) in [5, 5.41) is 18.5. The smallest absolute Gasteiger partial charge is 0.407 e. The second kappa shape index (κ2) is 16.4. The number of ether oxygens (including phenoxy) is 3. The van der Waals surface area contributed by atoms with Gasteiger partial charge in [0.1, 0.15) is 24.5 Å². The summed E-state index contributed by atoms with van der Waals surface area (Å²) in [5.41, 5.74) is 3.99. The van der Waals surface area contributed by atoms with Gasteiger partial charge in [-0.15, -0.1) is 0 Å². The van der Waals surface area contributed by atoms with Crippen molar-refractivity contribution >= 4 is 17.7 Å². The van der Waals surface area contributed by atoms with Gasteiger partial charge in [-0.25, -0.2) is 4.79 Å². The largest absolute Gasteiger partial charge is 0.491 e. The van der Waals surface area contributed by atoms with Crippen LogP contribution in [0.25, 0.3) is 0 Å². The number of methoxy groups -OCH3 is 1. The van der Waals surface area contributed by atoms with Crippen molar-refractivity contribution in [3.05, 3.63) is 131 Å². The maximum absolute atomic E-state index is 14.1. The van der Waals surface area contributed by atoms with Crippen LogP contribution in [-0.4, -0.2) is 56.6 Å². The molecule has 5 rings (SSSR count). The minimum Gasteiger partial charge on any atom is -0.491 e. The van der Waals surface area contributed by atoms with Crippen molar-refractivity contribution in [1.29, 1.82) is 5.26 Å². The van der Waals surface area contributed by atoms with Crippen molar-refractivity contribution in [2.45, 2.75) is 50.0 Å². The van der Waals surface area contributed by atoms with Crippen molar-refractivity contribution in [2.24, 2.45) is 0 Å². The van der Waals surface area contributed by atoms with Crippen LogP contribution in [0.3, 0.4) is 0 Å². The third-order valence-corrected chi connectivity index (χ3v) is 8.39. The standard InChI is InChI=1S/C38H40N4O5/c1-26-34(25-46-31-20-17-27(23-39)18-21-31)47-32(24-40-26)22-19-28-11-9-10-16-33(28)41-37(43)36(42-38(44)45-2)35(29-12-5-3-6-13-29)30-14-7-4-8-15-30/h3-18,20-21,26,32,34-36,40H,19,22,24-25H2,1-2H3,(H,41,43)(H,42,44)/t26-,32-,34-,36+/m1/s1. The molecule has 1 aliphatic rings. The van der Waals surface area contributed by atoms with Gasteiger partial charge in [-0.2, -0.15) is 5.26 Å². The van der Waals surface area contributed by atoms with E-state index < -0.39 is 18.1 Å². The lowest BCUT2D eigenvalue weighted by molar-refractivity contribution is -0.118. The van der Waals surface area contributed by atoms with E-state index in [1.165, 1.54) is 7.11 Å². The molecule has 47 heavy (non-hydrogen) atoms. The molecule has 0 spiro atoms. The number of carbonyl (C=O) groups excluding carboxylic acids is 2. The molecule has 242 valence electrons. The fourth-order valence-electron chi connectivity index (χ4n) is 5.79. The molecule has 0 aromatic heterocycles. The number of nitrogens with one attached hydrogen (secondary N) is 3. The molecular weight excluding hydrogens is 592 g/mol. The van der Waals surface area contributed by atoms with Crippen LogP contribution >= 0.6 is 0 Å². The minimum atomic E-state index is -0.954. The molecule has 1 aliphatic heterocycles. The average Bonchev–Trinajstić information content (AvgIpc) is 3.12. The fourth-order valence-corrected chi connectivity index (χ4v) is 5.79.